The summed E-state index contributed by atoms with van der Waals surface area (Å²) in [4.78, 5) is 11.8. The number of halogens is 6. The second-order valence-electron chi connectivity index (χ2n) is 9.35. The van der Waals surface area contributed by atoms with Crippen molar-refractivity contribution in [3.63, 3.8) is 0 Å². The maximum absolute atomic E-state index is 15.3. The van der Waals surface area contributed by atoms with Gasteiger partial charge in [-0.2, -0.15) is 9.97 Å². The van der Waals surface area contributed by atoms with Gasteiger partial charge in [0.05, 0.1) is 34.1 Å². The topological polar surface area (TPSA) is 71.0 Å². The Bertz CT molecular complexity index is 1150. The van der Waals surface area contributed by atoms with E-state index in [2.05, 4.69) is 25.9 Å². The van der Waals surface area contributed by atoms with Gasteiger partial charge in [-0.05, 0) is 42.2 Å². The SMILES string of the molecule is C[C@H](O)C1COc2c(Cl)c(Br)c(F)c3nc(OC[C@@]45CCCN4C[C@H](F)C5)nc(c23)N1CC(F)F. The average molecular weight is 584 g/mol. The van der Waals surface area contributed by atoms with Crippen LogP contribution in [-0.2, 0) is 0 Å². The molecule has 4 atom stereocenters. The Balaban J connectivity index is 1.63. The van der Waals surface area contributed by atoms with Gasteiger partial charge in [-0.25, -0.2) is 17.6 Å². The Morgan fingerprint density at radius 3 is 2.86 bits per heavy atom. The van der Waals surface area contributed by atoms with E-state index in [0.29, 0.717) is 13.0 Å². The lowest BCUT2D eigenvalue weighted by atomic mass is 9.95. The number of anilines is 1. The summed E-state index contributed by atoms with van der Waals surface area (Å²) in [6.45, 7) is 1.61. The van der Waals surface area contributed by atoms with Crippen molar-refractivity contribution >= 4 is 44.3 Å². The molecule has 1 aromatic heterocycles. The van der Waals surface area contributed by atoms with Crippen molar-refractivity contribution in [1.82, 2.24) is 14.9 Å². The fraction of sp³-hybridized carbons (Fsp3) is 0.636. The number of benzene rings is 1. The molecule has 1 unspecified atom stereocenters. The van der Waals surface area contributed by atoms with Gasteiger partial charge in [-0.15, -0.1) is 0 Å². The fourth-order valence-corrected chi connectivity index (χ4v) is 6.05. The molecule has 0 radical (unpaired) electrons. The minimum absolute atomic E-state index is 0.0113. The second-order valence-corrected chi connectivity index (χ2v) is 10.5. The second kappa shape index (κ2) is 9.35. The molecular formula is C22H24BrClF4N4O3. The van der Waals surface area contributed by atoms with Crippen molar-refractivity contribution < 1.29 is 32.1 Å². The minimum Gasteiger partial charge on any atom is -0.489 e. The zero-order chi connectivity index (χ0) is 25.1. The van der Waals surface area contributed by atoms with Gasteiger partial charge >= 0.3 is 6.01 Å². The molecular weight excluding hydrogens is 560 g/mol. The largest absolute Gasteiger partial charge is 0.489 e. The van der Waals surface area contributed by atoms with E-state index in [1.54, 1.807) is 0 Å². The molecule has 2 aromatic rings. The molecule has 7 nitrogen and oxygen atoms in total. The van der Waals surface area contributed by atoms with Crippen LogP contribution in [0.3, 0.4) is 0 Å². The van der Waals surface area contributed by atoms with E-state index in [4.69, 9.17) is 21.1 Å². The molecule has 0 aliphatic carbocycles. The normalized spacial score (nSPS) is 27.3. The van der Waals surface area contributed by atoms with Gasteiger partial charge < -0.3 is 19.5 Å². The number of nitrogens with zero attached hydrogens (tertiary/aromatic N) is 4. The first-order valence-corrected chi connectivity index (χ1v) is 12.5. The molecule has 0 amide bonds. The van der Waals surface area contributed by atoms with E-state index in [-0.39, 0.29) is 51.2 Å². The molecule has 5 rings (SSSR count). The third-order valence-electron chi connectivity index (χ3n) is 7.08. The molecule has 0 saturated carbocycles. The minimum atomic E-state index is -2.78. The van der Waals surface area contributed by atoms with Gasteiger partial charge in [0.25, 0.3) is 6.43 Å². The molecule has 3 aliphatic heterocycles. The van der Waals surface area contributed by atoms with Crippen LogP contribution in [0.25, 0.3) is 10.9 Å². The van der Waals surface area contributed by atoms with Crippen molar-refractivity contribution in [3.8, 4) is 11.8 Å². The van der Waals surface area contributed by atoms with Crippen LogP contribution >= 0.6 is 27.5 Å². The lowest BCUT2D eigenvalue weighted by Crippen LogP contribution is -2.48. The molecule has 3 aliphatic rings. The highest BCUT2D eigenvalue weighted by molar-refractivity contribution is 9.10. The van der Waals surface area contributed by atoms with Crippen LogP contribution in [0.1, 0.15) is 26.2 Å². The van der Waals surface area contributed by atoms with E-state index in [1.807, 2.05) is 4.90 Å². The van der Waals surface area contributed by atoms with Crippen molar-refractivity contribution in [2.45, 2.75) is 56.5 Å². The van der Waals surface area contributed by atoms with E-state index in [0.717, 1.165) is 19.4 Å². The summed E-state index contributed by atoms with van der Waals surface area (Å²) in [5.74, 6) is -0.883. The Hall–Kier alpha value is -1.63. The highest BCUT2D eigenvalue weighted by Crippen LogP contribution is 2.47. The molecule has 192 valence electrons. The fourth-order valence-electron chi connectivity index (χ4n) is 5.45. The van der Waals surface area contributed by atoms with Crippen LogP contribution in [0.2, 0.25) is 5.02 Å². The standard InChI is InChI=1S/C22H24BrClF4N4O3/c1-10(33)12-8-34-19-14-18(17(28)15(23)16(19)24)29-21(30-20(14)32(12)7-13(26)27)35-9-22-3-2-4-31(22)6-11(25)5-22/h10-13,33H,2-9H2,1H3/t10-,11+,12?,22-/m0/s1. The number of rotatable bonds is 6. The molecule has 2 fully saturated rings. The van der Waals surface area contributed by atoms with Gasteiger partial charge in [-0.1, -0.05) is 11.6 Å². The van der Waals surface area contributed by atoms with Crippen molar-refractivity contribution in [3.05, 3.63) is 15.3 Å². The smallest absolute Gasteiger partial charge is 0.319 e. The Labute approximate surface area is 212 Å². The van der Waals surface area contributed by atoms with E-state index >= 15 is 4.39 Å². The highest BCUT2D eigenvalue weighted by atomic mass is 79.9. The number of aromatic nitrogens is 2. The summed E-state index contributed by atoms with van der Waals surface area (Å²) < 4.78 is 68.3. The molecule has 1 N–H and O–H groups in total. The summed E-state index contributed by atoms with van der Waals surface area (Å²) >= 11 is 9.43. The van der Waals surface area contributed by atoms with Crippen LogP contribution in [0, 0.1) is 5.82 Å². The lowest BCUT2D eigenvalue weighted by molar-refractivity contribution is 0.105. The molecule has 4 heterocycles. The number of alkyl halides is 3. The first-order valence-electron chi connectivity index (χ1n) is 11.4. The van der Waals surface area contributed by atoms with Crippen LogP contribution < -0.4 is 14.4 Å². The Morgan fingerprint density at radius 2 is 2.14 bits per heavy atom. The van der Waals surface area contributed by atoms with Crippen LogP contribution in [0.4, 0.5) is 23.4 Å². The van der Waals surface area contributed by atoms with Gasteiger partial charge in [-0.3, -0.25) is 4.90 Å². The van der Waals surface area contributed by atoms with E-state index in [9.17, 15) is 18.3 Å². The third kappa shape index (κ3) is 4.30. The molecule has 35 heavy (non-hydrogen) atoms. The zero-order valence-electron chi connectivity index (χ0n) is 18.8. The molecule has 13 heteroatoms. The maximum Gasteiger partial charge on any atom is 0.319 e. The predicted molar refractivity (Wildman–Crippen MR) is 125 cm³/mol. The number of aliphatic hydroxyl groups is 1. The van der Waals surface area contributed by atoms with Crippen LogP contribution in [0.15, 0.2) is 4.47 Å². The monoisotopic (exact) mass is 582 g/mol. The van der Waals surface area contributed by atoms with Gasteiger partial charge in [0, 0.05) is 13.0 Å². The number of aliphatic hydroxyl groups excluding tert-OH is 1. The number of hydrogen-bond donors (Lipinski definition) is 1. The number of fused-ring (bicyclic) bond motifs is 1. The summed E-state index contributed by atoms with van der Waals surface area (Å²) in [5.41, 5.74) is -0.735. The highest BCUT2D eigenvalue weighted by Gasteiger charge is 2.49. The maximum atomic E-state index is 15.3. The van der Waals surface area contributed by atoms with Crippen molar-refractivity contribution in [1.29, 1.82) is 0 Å². The zero-order valence-corrected chi connectivity index (χ0v) is 21.1. The Morgan fingerprint density at radius 1 is 1.37 bits per heavy atom. The van der Waals surface area contributed by atoms with Gasteiger partial charge in [0.2, 0.25) is 0 Å². The quantitative estimate of drug-likeness (QED) is 0.401. The first-order chi connectivity index (χ1) is 16.6. The third-order valence-corrected chi connectivity index (χ3v) is 8.42. The Kier molecular flexibility index (Phi) is 6.69. The van der Waals surface area contributed by atoms with Crippen molar-refractivity contribution in [2.24, 2.45) is 0 Å². The lowest BCUT2D eigenvalue weighted by Gasteiger charge is -2.33. The summed E-state index contributed by atoms with van der Waals surface area (Å²) in [5, 5.41) is 10.3. The first kappa shape index (κ1) is 25.0. The molecule has 1 aromatic carbocycles. The van der Waals surface area contributed by atoms with E-state index in [1.165, 1.54) is 11.8 Å². The number of hydrogen-bond acceptors (Lipinski definition) is 7. The molecule has 0 bridgehead atoms. The van der Waals surface area contributed by atoms with Crippen LogP contribution in [0.5, 0.6) is 11.8 Å². The van der Waals surface area contributed by atoms with E-state index < -0.39 is 42.6 Å². The predicted octanol–water partition coefficient (Wildman–Crippen LogP) is 4.35. The summed E-state index contributed by atoms with van der Waals surface area (Å²) in [7, 11) is 0. The van der Waals surface area contributed by atoms with Gasteiger partial charge in [0.15, 0.2) is 11.6 Å². The summed E-state index contributed by atoms with van der Waals surface area (Å²) in [6.07, 6.45) is -2.89. The summed E-state index contributed by atoms with van der Waals surface area (Å²) in [6, 6.07) is -1.16. The molecule has 2 saturated heterocycles. The van der Waals surface area contributed by atoms with Crippen LogP contribution in [-0.4, -0.2) is 83.1 Å². The molecule has 0 spiro atoms. The average Bonchev–Trinajstić information content (AvgIpc) is 3.26. The van der Waals surface area contributed by atoms with Gasteiger partial charge in [0.1, 0.15) is 35.7 Å². The number of ether oxygens (including phenoxy) is 2. The van der Waals surface area contributed by atoms with Crippen molar-refractivity contribution in [2.75, 3.05) is 37.7 Å².